The standard InChI is InChI=1S/C17H24Si/c1-12-7-13(2)10-16(9-12)18(5,6)17-11-14(3)8-15(17)4/h7-10H,11H2,1-6H3. The van der Waals surface area contributed by atoms with Gasteiger partial charge in [0, 0.05) is 0 Å². The SMILES string of the molecule is CC1=CC(C)=C([Si](C)(C)c2cc(C)cc(C)c2)C1. The Bertz CT molecular complexity index is 524. The van der Waals surface area contributed by atoms with Crippen LogP contribution in [0, 0.1) is 13.8 Å². The minimum Gasteiger partial charge on any atom is -0.0694 e. The van der Waals surface area contributed by atoms with Crippen molar-refractivity contribution < 1.29 is 0 Å². The maximum absolute atomic E-state index is 2.49. The number of allylic oxidation sites excluding steroid dienone is 4. The monoisotopic (exact) mass is 256 g/mol. The summed E-state index contributed by atoms with van der Waals surface area (Å²) in [5, 5.41) is 3.29. The molecule has 0 amide bonds. The van der Waals surface area contributed by atoms with Crippen LogP contribution in [0.3, 0.4) is 0 Å². The Morgan fingerprint density at radius 2 is 1.44 bits per heavy atom. The topological polar surface area (TPSA) is 0 Å². The van der Waals surface area contributed by atoms with Gasteiger partial charge in [-0.25, -0.2) is 0 Å². The zero-order chi connectivity index (χ0) is 13.5. The molecule has 0 aromatic heterocycles. The molecular formula is C17H24Si. The second kappa shape index (κ2) is 4.54. The van der Waals surface area contributed by atoms with Gasteiger partial charge in [0.25, 0.3) is 0 Å². The van der Waals surface area contributed by atoms with Crippen LogP contribution in [-0.2, 0) is 0 Å². The van der Waals surface area contributed by atoms with Gasteiger partial charge < -0.3 is 0 Å². The van der Waals surface area contributed by atoms with Gasteiger partial charge in [0.05, 0.1) is 0 Å². The van der Waals surface area contributed by atoms with E-state index in [-0.39, 0.29) is 0 Å². The van der Waals surface area contributed by atoms with Gasteiger partial charge in [-0.1, -0.05) is 70.0 Å². The normalized spacial score (nSPS) is 16.2. The fraction of sp³-hybridized carbons (Fsp3) is 0.412. The Hall–Kier alpha value is -1.08. The number of hydrogen-bond donors (Lipinski definition) is 0. The van der Waals surface area contributed by atoms with E-state index in [1.54, 1.807) is 10.4 Å². The Kier molecular flexibility index (Phi) is 3.37. The van der Waals surface area contributed by atoms with E-state index in [4.69, 9.17) is 0 Å². The maximum atomic E-state index is 2.49. The molecule has 0 saturated carbocycles. The van der Waals surface area contributed by atoms with Crippen molar-refractivity contribution in [1.82, 2.24) is 0 Å². The first-order chi connectivity index (χ1) is 8.30. The van der Waals surface area contributed by atoms with Crippen molar-refractivity contribution in [2.45, 2.75) is 47.2 Å². The molecule has 96 valence electrons. The minimum absolute atomic E-state index is 1.19. The third-order valence-corrected chi connectivity index (χ3v) is 7.90. The van der Waals surface area contributed by atoms with E-state index in [0.717, 1.165) is 0 Å². The second-order valence-electron chi connectivity index (χ2n) is 6.33. The van der Waals surface area contributed by atoms with Gasteiger partial charge in [-0.2, -0.15) is 0 Å². The minimum atomic E-state index is -1.49. The molecule has 1 aliphatic rings. The largest absolute Gasteiger partial charge is 0.108 e. The fourth-order valence-corrected chi connectivity index (χ4v) is 6.45. The van der Waals surface area contributed by atoms with E-state index in [0.29, 0.717) is 0 Å². The Labute approximate surface area is 112 Å². The number of aryl methyl sites for hydroxylation is 2. The third-order valence-electron chi connectivity index (χ3n) is 4.09. The first kappa shape index (κ1) is 13.4. The van der Waals surface area contributed by atoms with Crippen molar-refractivity contribution in [3.63, 3.8) is 0 Å². The average molecular weight is 256 g/mol. The van der Waals surface area contributed by atoms with Crippen molar-refractivity contribution in [3.05, 3.63) is 51.7 Å². The number of benzene rings is 1. The summed E-state index contributed by atoms with van der Waals surface area (Å²) in [6.07, 6.45) is 3.56. The van der Waals surface area contributed by atoms with Gasteiger partial charge in [0.15, 0.2) is 0 Å². The van der Waals surface area contributed by atoms with E-state index < -0.39 is 8.07 Å². The lowest BCUT2D eigenvalue weighted by Gasteiger charge is -2.27. The van der Waals surface area contributed by atoms with Crippen molar-refractivity contribution in [1.29, 1.82) is 0 Å². The summed E-state index contributed by atoms with van der Waals surface area (Å²) in [6, 6.07) is 7.06. The lowest BCUT2D eigenvalue weighted by molar-refractivity contribution is 1.21. The molecule has 1 aromatic rings. The summed E-state index contributed by atoms with van der Waals surface area (Å²) >= 11 is 0. The lowest BCUT2D eigenvalue weighted by Crippen LogP contribution is -2.44. The van der Waals surface area contributed by atoms with Crippen molar-refractivity contribution in [2.24, 2.45) is 0 Å². The summed E-state index contributed by atoms with van der Waals surface area (Å²) < 4.78 is 0. The van der Waals surface area contributed by atoms with E-state index >= 15 is 0 Å². The number of hydrogen-bond acceptors (Lipinski definition) is 0. The van der Waals surface area contributed by atoms with Crippen molar-refractivity contribution in [2.75, 3.05) is 0 Å². The average Bonchev–Trinajstić information content (AvgIpc) is 2.57. The van der Waals surface area contributed by atoms with Crippen molar-refractivity contribution >= 4 is 13.3 Å². The van der Waals surface area contributed by atoms with Crippen LogP contribution in [0.2, 0.25) is 13.1 Å². The summed E-state index contributed by atoms with van der Waals surface area (Å²) in [5.74, 6) is 0. The first-order valence-electron chi connectivity index (χ1n) is 6.77. The molecule has 1 aromatic carbocycles. The van der Waals surface area contributed by atoms with Crippen LogP contribution in [-0.4, -0.2) is 8.07 Å². The molecule has 1 heteroatoms. The van der Waals surface area contributed by atoms with Gasteiger partial charge in [0.1, 0.15) is 8.07 Å². The van der Waals surface area contributed by atoms with Gasteiger partial charge in [0.2, 0.25) is 0 Å². The van der Waals surface area contributed by atoms with E-state index in [2.05, 4.69) is 65.1 Å². The predicted molar refractivity (Wildman–Crippen MR) is 84.1 cm³/mol. The Morgan fingerprint density at radius 1 is 0.889 bits per heavy atom. The highest BCUT2D eigenvalue weighted by Crippen LogP contribution is 2.32. The van der Waals surface area contributed by atoms with Crippen LogP contribution in [0.25, 0.3) is 0 Å². The molecule has 0 atom stereocenters. The van der Waals surface area contributed by atoms with Gasteiger partial charge in [-0.15, -0.1) is 0 Å². The van der Waals surface area contributed by atoms with Gasteiger partial charge in [-0.3, -0.25) is 0 Å². The highest BCUT2D eigenvalue weighted by atomic mass is 28.3. The summed E-state index contributed by atoms with van der Waals surface area (Å²) in [5.41, 5.74) is 5.83. The molecule has 0 saturated heterocycles. The molecule has 0 radical (unpaired) electrons. The fourth-order valence-electron chi connectivity index (χ4n) is 3.15. The molecule has 0 spiro atoms. The highest BCUT2D eigenvalue weighted by Gasteiger charge is 2.31. The molecule has 0 N–H and O–H groups in total. The molecule has 0 fully saturated rings. The van der Waals surface area contributed by atoms with E-state index in [9.17, 15) is 0 Å². The highest BCUT2D eigenvalue weighted by molar-refractivity contribution is 6.95. The van der Waals surface area contributed by atoms with Crippen LogP contribution in [0.5, 0.6) is 0 Å². The van der Waals surface area contributed by atoms with Crippen LogP contribution >= 0.6 is 0 Å². The summed E-state index contributed by atoms with van der Waals surface area (Å²) in [4.78, 5) is 0. The molecule has 2 rings (SSSR count). The van der Waals surface area contributed by atoms with E-state index in [1.807, 2.05) is 0 Å². The van der Waals surface area contributed by atoms with Gasteiger partial charge in [-0.05, 0) is 34.1 Å². The second-order valence-corrected chi connectivity index (χ2v) is 10.8. The molecule has 1 aliphatic carbocycles. The lowest BCUT2D eigenvalue weighted by atomic mass is 10.2. The Morgan fingerprint density at radius 3 is 1.89 bits per heavy atom. The molecule has 0 heterocycles. The van der Waals surface area contributed by atoms with Gasteiger partial charge >= 0.3 is 0 Å². The molecular weight excluding hydrogens is 232 g/mol. The van der Waals surface area contributed by atoms with Crippen molar-refractivity contribution in [3.8, 4) is 0 Å². The summed E-state index contributed by atoms with van der Waals surface area (Å²) in [6.45, 7) is 13.9. The van der Waals surface area contributed by atoms with Crippen LogP contribution in [0.4, 0.5) is 0 Å². The zero-order valence-electron chi connectivity index (χ0n) is 12.5. The zero-order valence-corrected chi connectivity index (χ0v) is 13.5. The van der Waals surface area contributed by atoms with Crippen LogP contribution in [0.1, 0.15) is 31.4 Å². The van der Waals surface area contributed by atoms with Crippen LogP contribution in [0.15, 0.2) is 40.6 Å². The Balaban J connectivity index is 2.46. The smallest absolute Gasteiger partial charge is 0.0694 e. The van der Waals surface area contributed by atoms with Crippen LogP contribution < -0.4 is 5.19 Å². The molecule has 0 unspecified atom stereocenters. The molecule has 18 heavy (non-hydrogen) atoms. The predicted octanol–water partition coefficient (Wildman–Crippen LogP) is 4.42. The first-order valence-corrected chi connectivity index (χ1v) is 9.77. The maximum Gasteiger partial charge on any atom is 0.108 e. The molecule has 0 aliphatic heterocycles. The number of rotatable bonds is 2. The molecule has 0 nitrogen and oxygen atoms in total. The van der Waals surface area contributed by atoms with E-state index in [1.165, 1.54) is 28.7 Å². The third kappa shape index (κ3) is 2.37. The quantitative estimate of drug-likeness (QED) is 0.687. The molecule has 0 bridgehead atoms. The summed E-state index contributed by atoms with van der Waals surface area (Å²) in [7, 11) is -1.49.